The van der Waals surface area contributed by atoms with E-state index in [1.165, 1.54) is 116 Å². The summed E-state index contributed by atoms with van der Waals surface area (Å²) in [6.45, 7) is 22.3. The van der Waals surface area contributed by atoms with Crippen molar-refractivity contribution in [2.45, 2.75) is 170 Å². The molecular weight excluding hydrogens is 566 g/mol. The smallest absolute Gasteiger partial charge is 0.305 e. The number of carbonyl (C=O) groups is 1. The summed E-state index contributed by atoms with van der Waals surface area (Å²) in [5, 5.41) is 15.1. The zero-order valence-corrected chi connectivity index (χ0v) is 31.3. The molecule has 0 spiro atoms. The molecule has 5 aliphatic rings. The van der Waals surface area contributed by atoms with Gasteiger partial charge in [-0.2, -0.15) is 0 Å². The van der Waals surface area contributed by atoms with E-state index in [1.807, 2.05) is 0 Å². The maximum Gasteiger partial charge on any atom is 0.305 e. The Morgan fingerprint density at radius 2 is 1.46 bits per heavy atom. The normalized spacial score (nSPS) is 42.8. The summed E-state index contributed by atoms with van der Waals surface area (Å²) >= 11 is 0. The van der Waals surface area contributed by atoms with Crippen LogP contribution in [0.1, 0.15) is 164 Å². The van der Waals surface area contributed by atoms with Gasteiger partial charge in [0.1, 0.15) is 0 Å². The maximum absolute atomic E-state index is 11.3. The molecule has 10 atom stereocenters. The number of fused-ring (bicyclic) bond motifs is 7. The minimum atomic E-state index is -0.144. The quantitative estimate of drug-likeness (QED) is 0.113. The second-order valence-corrected chi connectivity index (χ2v) is 18.8. The number of esters is 1. The van der Waals surface area contributed by atoms with Crippen molar-refractivity contribution in [3.05, 3.63) is 12.2 Å². The number of aliphatic hydroxyl groups excluding tert-OH is 1. The van der Waals surface area contributed by atoms with Crippen LogP contribution < -0.4 is 5.32 Å². The highest BCUT2D eigenvalue weighted by Crippen LogP contribution is 2.77. The van der Waals surface area contributed by atoms with Crippen LogP contribution in [0, 0.1) is 56.7 Å². The van der Waals surface area contributed by atoms with Gasteiger partial charge < -0.3 is 15.2 Å². The molecule has 0 aromatic heterocycles. The molecule has 0 aliphatic heterocycles. The topological polar surface area (TPSA) is 58.6 Å². The Balaban J connectivity index is 1.18. The standard InChI is InChI=1S/C42H73NO3/c1-30(2)31-20-25-42(29-43-28-16-14-12-10-9-11-13-15-17-36(45)46-8)27-26-40(6)32(37(31)42)18-19-34-39(5)23-22-35(44)38(3,4)33(39)21-24-41(34,40)7/h31-35,37,43-44H,1,9-29H2,2-8H3/t31-,32+,33-,34+,35-,37+,39-,40+,41+,42+/m0/s1. The van der Waals surface area contributed by atoms with E-state index in [0.717, 1.165) is 43.6 Å². The van der Waals surface area contributed by atoms with E-state index in [-0.39, 0.29) is 17.5 Å². The first-order chi connectivity index (χ1) is 21.8. The fraction of sp³-hybridized carbons (Fsp3) is 0.929. The predicted octanol–water partition coefficient (Wildman–Crippen LogP) is 10.3. The highest BCUT2D eigenvalue weighted by molar-refractivity contribution is 5.68. The molecule has 2 N–H and O–H groups in total. The van der Waals surface area contributed by atoms with Crippen LogP contribution in [0.25, 0.3) is 0 Å². The first kappa shape index (κ1) is 36.4. The lowest BCUT2D eigenvalue weighted by atomic mass is 9.32. The Morgan fingerprint density at radius 1 is 0.783 bits per heavy atom. The molecular formula is C42H73NO3. The fourth-order valence-corrected chi connectivity index (χ4v) is 13.6. The molecule has 0 radical (unpaired) electrons. The molecule has 0 saturated heterocycles. The number of aliphatic hydroxyl groups is 1. The van der Waals surface area contributed by atoms with Crippen LogP contribution in [0.2, 0.25) is 0 Å². The zero-order valence-electron chi connectivity index (χ0n) is 31.3. The Hall–Kier alpha value is -0.870. The summed E-state index contributed by atoms with van der Waals surface area (Å²) in [5.74, 6) is 3.63. The number of nitrogens with one attached hydrogen (secondary N) is 1. The summed E-state index contributed by atoms with van der Waals surface area (Å²) in [4.78, 5) is 11.3. The molecule has 0 aromatic rings. The SMILES string of the molecule is C=C(C)[C@@H]1CC[C@]2(CNCCCCCCCCCCC(=O)OC)CC[C@]3(C)[C@H](CC[C@@H]4[C@@]5(C)CC[C@H](O)C(C)(C)[C@@H]5CC[C@]43C)[C@@H]12. The van der Waals surface area contributed by atoms with E-state index in [4.69, 9.17) is 4.74 Å². The number of carbonyl (C=O) groups excluding carboxylic acids is 1. The molecule has 46 heavy (non-hydrogen) atoms. The van der Waals surface area contributed by atoms with Gasteiger partial charge in [-0.05, 0) is 147 Å². The number of rotatable bonds is 14. The molecule has 4 heteroatoms. The van der Waals surface area contributed by atoms with Crippen molar-refractivity contribution in [2.75, 3.05) is 20.2 Å². The third-order valence-electron chi connectivity index (χ3n) is 16.4. The second-order valence-electron chi connectivity index (χ2n) is 18.8. The second kappa shape index (κ2) is 14.2. The lowest BCUT2D eigenvalue weighted by Crippen LogP contribution is -2.67. The molecule has 0 aromatic carbocycles. The Bertz CT molecular complexity index is 1070. The van der Waals surface area contributed by atoms with Gasteiger partial charge in [0, 0.05) is 13.0 Å². The average Bonchev–Trinajstić information content (AvgIpc) is 3.40. The zero-order chi connectivity index (χ0) is 33.4. The van der Waals surface area contributed by atoms with Gasteiger partial charge in [-0.1, -0.05) is 85.3 Å². The number of hydrogen-bond acceptors (Lipinski definition) is 4. The molecule has 0 heterocycles. The van der Waals surface area contributed by atoms with E-state index in [0.29, 0.717) is 39.9 Å². The van der Waals surface area contributed by atoms with E-state index in [9.17, 15) is 9.90 Å². The van der Waals surface area contributed by atoms with Gasteiger partial charge in [0.2, 0.25) is 0 Å². The van der Waals surface area contributed by atoms with Crippen molar-refractivity contribution < 1.29 is 14.6 Å². The van der Waals surface area contributed by atoms with Crippen LogP contribution in [0.5, 0.6) is 0 Å². The van der Waals surface area contributed by atoms with Crippen LogP contribution >= 0.6 is 0 Å². The van der Waals surface area contributed by atoms with Gasteiger partial charge in [-0.15, -0.1) is 0 Å². The number of methoxy groups -OCH3 is 1. The largest absolute Gasteiger partial charge is 0.469 e. The molecule has 4 nitrogen and oxygen atoms in total. The Kier molecular flexibility index (Phi) is 11.2. The van der Waals surface area contributed by atoms with Crippen molar-refractivity contribution in [1.82, 2.24) is 5.32 Å². The van der Waals surface area contributed by atoms with Crippen LogP contribution in [0.4, 0.5) is 0 Å². The monoisotopic (exact) mass is 640 g/mol. The van der Waals surface area contributed by atoms with Crippen LogP contribution in [0.15, 0.2) is 12.2 Å². The third kappa shape index (κ3) is 6.31. The lowest BCUT2D eigenvalue weighted by Gasteiger charge is -2.73. The Morgan fingerprint density at radius 3 is 2.13 bits per heavy atom. The van der Waals surface area contributed by atoms with Crippen LogP contribution in [-0.2, 0) is 9.53 Å². The molecule has 5 saturated carbocycles. The number of ether oxygens (including phenoxy) is 1. The van der Waals surface area contributed by atoms with Crippen molar-refractivity contribution >= 4 is 5.97 Å². The van der Waals surface area contributed by atoms with E-state index >= 15 is 0 Å². The molecule has 5 rings (SSSR count). The summed E-state index contributed by atoms with van der Waals surface area (Å²) in [7, 11) is 1.48. The molecule has 0 amide bonds. The molecule has 264 valence electrons. The minimum absolute atomic E-state index is 0.0305. The number of hydrogen-bond donors (Lipinski definition) is 2. The van der Waals surface area contributed by atoms with Crippen molar-refractivity contribution in [1.29, 1.82) is 0 Å². The van der Waals surface area contributed by atoms with Crippen LogP contribution in [0.3, 0.4) is 0 Å². The van der Waals surface area contributed by atoms with Gasteiger partial charge in [0.25, 0.3) is 0 Å². The van der Waals surface area contributed by atoms with Crippen molar-refractivity contribution in [3.8, 4) is 0 Å². The lowest BCUT2D eigenvalue weighted by molar-refractivity contribution is -0.247. The van der Waals surface area contributed by atoms with Gasteiger partial charge in [0.05, 0.1) is 13.2 Å². The first-order valence-electron chi connectivity index (χ1n) is 19.9. The molecule has 5 fully saturated rings. The van der Waals surface area contributed by atoms with Crippen molar-refractivity contribution in [3.63, 3.8) is 0 Å². The highest BCUT2D eigenvalue weighted by Gasteiger charge is 2.70. The van der Waals surface area contributed by atoms with Gasteiger partial charge in [-0.3, -0.25) is 4.79 Å². The van der Waals surface area contributed by atoms with Crippen LogP contribution in [-0.4, -0.2) is 37.4 Å². The molecule has 0 bridgehead atoms. The van der Waals surface area contributed by atoms with Gasteiger partial charge in [0.15, 0.2) is 0 Å². The maximum atomic E-state index is 11.3. The summed E-state index contributed by atoms with van der Waals surface area (Å²) in [6, 6.07) is 0. The highest BCUT2D eigenvalue weighted by atomic mass is 16.5. The first-order valence-corrected chi connectivity index (χ1v) is 19.9. The number of unbranched alkanes of at least 4 members (excludes halogenated alkanes) is 7. The number of allylic oxidation sites excluding steroid dienone is 1. The van der Waals surface area contributed by atoms with Gasteiger partial charge >= 0.3 is 5.97 Å². The summed E-state index contributed by atoms with van der Waals surface area (Å²) in [5.41, 5.74) is 3.07. The third-order valence-corrected chi connectivity index (χ3v) is 16.4. The fourth-order valence-electron chi connectivity index (χ4n) is 13.6. The van der Waals surface area contributed by atoms with Gasteiger partial charge in [-0.25, -0.2) is 0 Å². The van der Waals surface area contributed by atoms with E-state index < -0.39 is 0 Å². The predicted molar refractivity (Wildman–Crippen MR) is 191 cm³/mol. The van der Waals surface area contributed by atoms with E-state index in [1.54, 1.807) is 0 Å². The average molecular weight is 640 g/mol. The molecule has 0 unspecified atom stereocenters. The summed E-state index contributed by atoms with van der Waals surface area (Å²) in [6.07, 6.45) is 23.5. The Labute approximate surface area is 284 Å². The van der Waals surface area contributed by atoms with E-state index in [2.05, 4.69) is 53.4 Å². The minimum Gasteiger partial charge on any atom is -0.469 e. The summed E-state index contributed by atoms with van der Waals surface area (Å²) < 4.78 is 4.74. The molecule has 5 aliphatic carbocycles. The van der Waals surface area contributed by atoms with Crippen molar-refractivity contribution in [2.24, 2.45) is 56.7 Å².